The number of hydrogen-bond donors (Lipinski definition) is 2. The molecule has 0 spiro atoms. The zero-order valence-electron chi connectivity index (χ0n) is 11.9. The van der Waals surface area contributed by atoms with Crippen LogP contribution >= 0.6 is 0 Å². The van der Waals surface area contributed by atoms with E-state index < -0.39 is 0 Å². The summed E-state index contributed by atoms with van der Waals surface area (Å²) in [6, 6.07) is 6.05. The fourth-order valence-corrected chi connectivity index (χ4v) is 1.93. The van der Waals surface area contributed by atoms with Crippen molar-refractivity contribution in [1.29, 1.82) is 0 Å². The number of aryl methyl sites for hydroxylation is 1. The zero-order chi connectivity index (χ0) is 13.5. The first-order valence-electron chi connectivity index (χ1n) is 6.55. The Labute approximate surface area is 110 Å². The molecule has 18 heavy (non-hydrogen) atoms. The van der Waals surface area contributed by atoms with Crippen molar-refractivity contribution < 1.29 is 9.84 Å². The molecule has 0 aliphatic rings. The molecule has 0 aromatic heterocycles. The van der Waals surface area contributed by atoms with Crippen molar-refractivity contribution in [2.75, 3.05) is 20.2 Å². The molecular formula is C15H25NO2. The molecule has 1 atom stereocenters. The van der Waals surface area contributed by atoms with Crippen molar-refractivity contribution in [3.8, 4) is 5.75 Å². The Balaban J connectivity index is 2.52. The lowest BCUT2D eigenvalue weighted by Gasteiger charge is -2.15. The predicted octanol–water partition coefficient (Wildman–Crippen LogP) is 2.15. The molecule has 0 saturated carbocycles. The molecule has 2 N–H and O–H groups in total. The number of rotatable bonds is 7. The van der Waals surface area contributed by atoms with Crippen LogP contribution in [0, 0.1) is 12.8 Å². The van der Waals surface area contributed by atoms with Gasteiger partial charge in [-0.1, -0.05) is 31.5 Å². The molecule has 0 radical (unpaired) electrons. The van der Waals surface area contributed by atoms with E-state index >= 15 is 0 Å². The third-order valence-corrected chi connectivity index (χ3v) is 2.82. The summed E-state index contributed by atoms with van der Waals surface area (Å²) < 4.78 is 5.31. The zero-order valence-corrected chi connectivity index (χ0v) is 11.9. The number of aliphatic hydroxyl groups is 1. The first kappa shape index (κ1) is 15.0. The lowest BCUT2D eigenvalue weighted by Crippen LogP contribution is -2.31. The minimum absolute atomic E-state index is 0.376. The van der Waals surface area contributed by atoms with Crippen LogP contribution in [0.3, 0.4) is 0 Å². The summed E-state index contributed by atoms with van der Waals surface area (Å²) in [4.78, 5) is 0. The van der Waals surface area contributed by atoms with Crippen molar-refractivity contribution in [3.63, 3.8) is 0 Å². The Morgan fingerprint density at radius 2 is 2.00 bits per heavy atom. The molecule has 0 aliphatic heterocycles. The number of hydrogen-bond acceptors (Lipinski definition) is 3. The Bertz CT molecular complexity index is 364. The van der Waals surface area contributed by atoms with Crippen molar-refractivity contribution >= 4 is 0 Å². The number of aliphatic hydroxyl groups excluding tert-OH is 1. The van der Waals surface area contributed by atoms with Gasteiger partial charge in [0.1, 0.15) is 5.75 Å². The largest absolute Gasteiger partial charge is 0.496 e. The predicted molar refractivity (Wildman–Crippen MR) is 75.1 cm³/mol. The van der Waals surface area contributed by atoms with Gasteiger partial charge in [0, 0.05) is 13.0 Å². The maximum Gasteiger partial charge on any atom is 0.122 e. The Kier molecular flexibility index (Phi) is 6.16. The van der Waals surface area contributed by atoms with Crippen LogP contribution in [-0.4, -0.2) is 31.4 Å². The number of methoxy groups -OCH3 is 1. The molecule has 102 valence electrons. The van der Waals surface area contributed by atoms with Crippen LogP contribution in [0.25, 0.3) is 0 Å². The monoisotopic (exact) mass is 251 g/mol. The van der Waals surface area contributed by atoms with E-state index in [4.69, 9.17) is 4.74 Å². The van der Waals surface area contributed by atoms with Gasteiger partial charge in [-0.25, -0.2) is 0 Å². The third-order valence-electron chi connectivity index (χ3n) is 2.82. The lowest BCUT2D eigenvalue weighted by atomic mass is 10.0. The first-order chi connectivity index (χ1) is 8.52. The van der Waals surface area contributed by atoms with Crippen LogP contribution in [0.5, 0.6) is 5.75 Å². The van der Waals surface area contributed by atoms with E-state index in [2.05, 4.69) is 25.2 Å². The SMILES string of the molecule is COc1ccc(C)cc1CC(O)CNCC(C)C. The number of nitrogens with one attached hydrogen (secondary N) is 1. The van der Waals surface area contributed by atoms with Gasteiger partial charge in [-0.15, -0.1) is 0 Å². The van der Waals surface area contributed by atoms with Gasteiger partial charge in [-0.3, -0.25) is 0 Å². The highest BCUT2D eigenvalue weighted by molar-refractivity contribution is 5.37. The first-order valence-corrected chi connectivity index (χ1v) is 6.55. The van der Waals surface area contributed by atoms with Gasteiger partial charge in [0.05, 0.1) is 13.2 Å². The minimum Gasteiger partial charge on any atom is -0.496 e. The van der Waals surface area contributed by atoms with Gasteiger partial charge in [0.25, 0.3) is 0 Å². The summed E-state index contributed by atoms with van der Waals surface area (Å²) in [5, 5.41) is 13.3. The summed E-state index contributed by atoms with van der Waals surface area (Å²) in [5.41, 5.74) is 2.25. The van der Waals surface area contributed by atoms with Gasteiger partial charge in [-0.2, -0.15) is 0 Å². The lowest BCUT2D eigenvalue weighted by molar-refractivity contribution is 0.169. The van der Waals surface area contributed by atoms with E-state index in [-0.39, 0.29) is 6.10 Å². The summed E-state index contributed by atoms with van der Waals surface area (Å²) in [7, 11) is 1.66. The molecule has 3 heteroatoms. The fraction of sp³-hybridized carbons (Fsp3) is 0.600. The molecular weight excluding hydrogens is 226 g/mol. The third kappa shape index (κ3) is 5.07. The van der Waals surface area contributed by atoms with Crippen LogP contribution in [0.1, 0.15) is 25.0 Å². The summed E-state index contributed by atoms with van der Waals surface area (Å²) in [6.45, 7) is 7.91. The summed E-state index contributed by atoms with van der Waals surface area (Å²) in [5.74, 6) is 1.45. The van der Waals surface area contributed by atoms with E-state index in [1.54, 1.807) is 7.11 Å². The van der Waals surface area contributed by atoms with E-state index in [1.165, 1.54) is 5.56 Å². The van der Waals surface area contributed by atoms with Crippen LogP contribution in [-0.2, 0) is 6.42 Å². The molecule has 0 bridgehead atoms. The average Bonchev–Trinajstić information content (AvgIpc) is 2.28. The Hall–Kier alpha value is -1.06. The molecule has 0 amide bonds. The smallest absolute Gasteiger partial charge is 0.122 e. The second-order valence-electron chi connectivity index (χ2n) is 5.23. The van der Waals surface area contributed by atoms with Gasteiger partial charge < -0.3 is 15.2 Å². The van der Waals surface area contributed by atoms with Crippen molar-refractivity contribution in [1.82, 2.24) is 5.32 Å². The second-order valence-corrected chi connectivity index (χ2v) is 5.23. The highest BCUT2D eigenvalue weighted by Gasteiger charge is 2.10. The molecule has 1 rings (SSSR count). The minimum atomic E-state index is -0.376. The maximum absolute atomic E-state index is 10.0. The number of benzene rings is 1. The topological polar surface area (TPSA) is 41.5 Å². The fourth-order valence-electron chi connectivity index (χ4n) is 1.93. The molecule has 0 heterocycles. The van der Waals surface area contributed by atoms with Gasteiger partial charge in [-0.05, 0) is 31.0 Å². The normalized spacial score (nSPS) is 12.8. The van der Waals surface area contributed by atoms with Crippen molar-refractivity contribution in [2.45, 2.75) is 33.3 Å². The molecule has 0 fully saturated rings. The van der Waals surface area contributed by atoms with Crippen LogP contribution in [0.4, 0.5) is 0 Å². The highest BCUT2D eigenvalue weighted by Crippen LogP contribution is 2.21. The van der Waals surface area contributed by atoms with Crippen LogP contribution < -0.4 is 10.1 Å². The van der Waals surface area contributed by atoms with E-state index in [1.807, 2.05) is 19.1 Å². The second kappa shape index (κ2) is 7.39. The number of ether oxygens (including phenoxy) is 1. The van der Waals surface area contributed by atoms with Crippen molar-refractivity contribution in [3.05, 3.63) is 29.3 Å². The van der Waals surface area contributed by atoms with E-state index in [9.17, 15) is 5.11 Å². The molecule has 3 nitrogen and oxygen atoms in total. The maximum atomic E-state index is 10.0. The quantitative estimate of drug-likeness (QED) is 0.780. The Morgan fingerprint density at radius 3 is 2.61 bits per heavy atom. The van der Waals surface area contributed by atoms with Gasteiger partial charge >= 0.3 is 0 Å². The van der Waals surface area contributed by atoms with Crippen molar-refractivity contribution in [2.24, 2.45) is 5.92 Å². The van der Waals surface area contributed by atoms with E-state index in [0.717, 1.165) is 17.9 Å². The van der Waals surface area contributed by atoms with Crippen LogP contribution in [0.2, 0.25) is 0 Å². The molecule has 0 saturated heterocycles. The average molecular weight is 251 g/mol. The van der Waals surface area contributed by atoms with Gasteiger partial charge in [0.15, 0.2) is 0 Å². The standard InChI is InChI=1S/C15H25NO2/c1-11(2)9-16-10-14(17)8-13-7-12(3)5-6-15(13)18-4/h5-7,11,14,16-17H,8-10H2,1-4H3. The summed E-state index contributed by atoms with van der Waals surface area (Å²) >= 11 is 0. The molecule has 1 unspecified atom stereocenters. The highest BCUT2D eigenvalue weighted by atomic mass is 16.5. The van der Waals surface area contributed by atoms with Crippen LogP contribution in [0.15, 0.2) is 18.2 Å². The molecule has 1 aromatic rings. The summed E-state index contributed by atoms with van der Waals surface area (Å²) in [6.07, 6.45) is 0.245. The van der Waals surface area contributed by atoms with Gasteiger partial charge in [0.2, 0.25) is 0 Å². The van der Waals surface area contributed by atoms with E-state index in [0.29, 0.717) is 18.9 Å². The molecule has 1 aromatic carbocycles. The Morgan fingerprint density at radius 1 is 1.28 bits per heavy atom. The molecule has 0 aliphatic carbocycles.